The Bertz CT molecular complexity index is 1310. The lowest BCUT2D eigenvalue weighted by atomic mass is 10.1. The molecule has 4 aromatic rings. The molecule has 0 atom stereocenters. The van der Waals surface area contributed by atoms with E-state index >= 15 is 0 Å². The summed E-state index contributed by atoms with van der Waals surface area (Å²) in [4.78, 5) is 22.3. The molecular weight excluding hydrogens is 418 g/mol. The average molecular weight is 439 g/mol. The van der Waals surface area contributed by atoms with Crippen molar-refractivity contribution in [3.05, 3.63) is 118 Å². The first-order valence-corrected chi connectivity index (χ1v) is 10.3. The molecule has 0 unspecified atom stereocenters. The highest BCUT2D eigenvalue weighted by atomic mass is 16.6. The molecule has 4 rings (SSSR count). The Morgan fingerprint density at radius 1 is 0.970 bits per heavy atom. The molecule has 164 valence electrons. The molecule has 0 aliphatic rings. The van der Waals surface area contributed by atoms with Gasteiger partial charge in [-0.3, -0.25) is 14.9 Å². The van der Waals surface area contributed by atoms with E-state index in [1.54, 1.807) is 18.3 Å². The van der Waals surface area contributed by atoms with E-state index in [1.807, 2.05) is 48.5 Å². The number of carbonyl (C=O) groups excluding carboxylic acids is 1. The summed E-state index contributed by atoms with van der Waals surface area (Å²) in [7, 11) is 0. The van der Waals surface area contributed by atoms with E-state index in [1.165, 1.54) is 17.5 Å². The van der Waals surface area contributed by atoms with Crippen molar-refractivity contribution in [3.8, 4) is 5.75 Å². The first-order valence-electron chi connectivity index (χ1n) is 10.3. The van der Waals surface area contributed by atoms with Gasteiger partial charge in [0.1, 0.15) is 12.4 Å². The highest BCUT2D eigenvalue weighted by molar-refractivity contribution is 5.85. The Hall–Kier alpha value is -4.52. The second-order valence-electron chi connectivity index (χ2n) is 7.39. The monoisotopic (exact) mass is 439 g/mol. The standard InChI is InChI=1S/C26H21N3O4/c30-26(16-19-11-13-23(14-12-19)29(31)32)28-27-17-20-5-3-9-24(15-20)33-18-22-8-4-7-21-6-1-2-10-25(21)22/h1-15,17H,16,18H2,(H,28,30)/b27-17-. The molecule has 7 nitrogen and oxygen atoms in total. The van der Waals surface area contributed by atoms with E-state index in [0.717, 1.165) is 16.5 Å². The lowest BCUT2D eigenvalue weighted by Gasteiger charge is -2.09. The maximum Gasteiger partial charge on any atom is 0.269 e. The lowest BCUT2D eigenvalue weighted by molar-refractivity contribution is -0.384. The van der Waals surface area contributed by atoms with Gasteiger partial charge in [-0.1, -0.05) is 66.7 Å². The van der Waals surface area contributed by atoms with Crippen LogP contribution in [0.25, 0.3) is 10.8 Å². The summed E-state index contributed by atoms with van der Waals surface area (Å²) < 4.78 is 5.98. The number of benzene rings is 4. The van der Waals surface area contributed by atoms with Gasteiger partial charge in [-0.05, 0) is 39.6 Å². The topological polar surface area (TPSA) is 93.8 Å². The molecule has 7 heteroatoms. The number of carbonyl (C=O) groups is 1. The second kappa shape index (κ2) is 10.2. The summed E-state index contributed by atoms with van der Waals surface area (Å²) in [6.45, 7) is 0.438. The van der Waals surface area contributed by atoms with Crippen LogP contribution in [0.4, 0.5) is 5.69 Å². The van der Waals surface area contributed by atoms with Gasteiger partial charge in [0.05, 0.1) is 17.6 Å². The minimum atomic E-state index is -0.478. The molecule has 0 aliphatic heterocycles. The zero-order chi connectivity index (χ0) is 23.0. The van der Waals surface area contributed by atoms with Crippen LogP contribution in [0.1, 0.15) is 16.7 Å². The minimum Gasteiger partial charge on any atom is -0.489 e. The predicted octanol–water partition coefficient (Wildman–Crippen LogP) is 5.02. The fourth-order valence-electron chi connectivity index (χ4n) is 3.40. The van der Waals surface area contributed by atoms with Crippen LogP contribution in [-0.4, -0.2) is 17.0 Å². The molecule has 0 bridgehead atoms. The smallest absolute Gasteiger partial charge is 0.269 e. The zero-order valence-corrected chi connectivity index (χ0v) is 17.7. The number of rotatable bonds is 8. The summed E-state index contributed by atoms with van der Waals surface area (Å²) in [6, 6.07) is 27.6. The van der Waals surface area contributed by atoms with Crippen molar-refractivity contribution in [2.75, 3.05) is 0 Å². The third-order valence-corrected chi connectivity index (χ3v) is 5.05. The average Bonchev–Trinajstić information content (AvgIpc) is 2.83. The van der Waals surface area contributed by atoms with E-state index in [0.29, 0.717) is 17.9 Å². The van der Waals surface area contributed by atoms with Crippen LogP contribution in [0.5, 0.6) is 5.75 Å². The number of ether oxygens (including phenoxy) is 1. The number of nitrogens with zero attached hydrogens (tertiary/aromatic N) is 2. The summed E-state index contributed by atoms with van der Waals surface area (Å²) in [6.07, 6.45) is 1.61. The SMILES string of the molecule is O=C(Cc1ccc([N+](=O)[O-])cc1)N/N=C\c1cccc(OCc2cccc3ccccc23)c1. The van der Waals surface area contributed by atoms with Crippen molar-refractivity contribution in [1.82, 2.24) is 5.43 Å². The summed E-state index contributed by atoms with van der Waals surface area (Å²) in [5, 5.41) is 17.0. The number of amides is 1. The van der Waals surface area contributed by atoms with Gasteiger partial charge in [0.15, 0.2) is 0 Å². The van der Waals surface area contributed by atoms with Crippen LogP contribution in [-0.2, 0) is 17.8 Å². The third-order valence-electron chi connectivity index (χ3n) is 5.05. The Morgan fingerprint density at radius 3 is 2.55 bits per heavy atom. The normalized spacial score (nSPS) is 10.9. The Morgan fingerprint density at radius 2 is 1.73 bits per heavy atom. The van der Waals surface area contributed by atoms with E-state index in [4.69, 9.17) is 4.74 Å². The number of fused-ring (bicyclic) bond motifs is 1. The van der Waals surface area contributed by atoms with Crippen LogP contribution in [0.15, 0.2) is 96.1 Å². The molecule has 0 heterocycles. The zero-order valence-electron chi connectivity index (χ0n) is 17.7. The van der Waals surface area contributed by atoms with Crippen molar-refractivity contribution in [3.63, 3.8) is 0 Å². The van der Waals surface area contributed by atoms with Gasteiger partial charge in [0.25, 0.3) is 5.69 Å². The van der Waals surface area contributed by atoms with E-state index < -0.39 is 4.92 Å². The quantitative estimate of drug-likeness (QED) is 0.237. The molecule has 33 heavy (non-hydrogen) atoms. The minimum absolute atomic E-state index is 0.0141. The van der Waals surface area contributed by atoms with Crippen LogP contribution in [0, 0.1) is 10.1 Å². The number of hydrogen-bond donors (Lipinski definition) is 1. The number of hydrogen-bond acceptors (Lipinski definition) is 5. The molecule has 4 aromatic carbocycles. The number of nitro benzene ring substituents is 1. The second-order valence-corrected chi connectivity index (χ2v) is 7.39. The molecule has 0 aromatic heterocycles. The van der Waals surface area contributed by atoms with Crippen LogP contribution in [0.2, 0.25) is 0 Å². The molecule has 0 spiro atoms. The van der Waals surface area contributed by atoms with Crippen molar-refractivity contribution in [2.45, 2.75) is 13.0 Å². The molecule has 0 fully saturated rings. The molecule has 0 aliphatic carbocycles. The number of non-ortho nitro benzene ring substituents is 1. The molecule has 0 saturated carbocycles. The number of nitrogens with one attached hydrogen (secondary N) is 1. The fourth-order valence-corrected chi connectivity index (χ4v) is 3.40. The number of hydrazone groups is 1. The first-order chi connectivity index (χ1) is 16.1. The maximum atomic E-state index is 12.1. The van der Waals surface area contributed by atoms with Gasteiger partial charge in [-0.15, -0.1) is 0 Å². The Labute approximate surface area is 190 Å². The van der Waals surface area contributed by atoms with Gasteiger partial charge in [-0.25, -0.2) is 5.43 Å². The van der Waals surface area contributed by atoms with Gasteiger partial charge >= 0.3 is 0 Å². The van der Waals surface area contributed by atoms with E-state index in [-0.39, 0.29) is 18.0 Å². The predicted molar refractivity (Wildman–Crippen MR) is 127 cm³/mol. The highest BCUT2D eigenvalue weighted by Crippen LogP contribution is 2.21. The Kier molecular flexibility index (Phi) is 6.70. The van der Waals surface area contributed by atoms with Crippen LogP contribution < -0.4 is 10.2 Å². The van der Waals surface area contributed by atoms with Crippen LogP contribution in [0.3, 0.4) is 0 Å². The summed E-state index contributed by atoms with van der Waals surface area (Å²) in [5.41, 5.74) is 5.00. The lowest BCUT2D eigenvalue weighted by Crippen LogP contribution is -2.19. The van der Waals surface area contributed by atoms with E-state index in [9.17, 15) is 14.9 Å². The largest absolute Gasteiger partial charge is 0.489 e. The molecule has 0 saturated heterocycles. The van der Waals surface area contributed by atoms with Crippen molar-refractivity contribution in [2.24, 2.45) is 5.10 Å². The summed E-state index contributed by atoms with van der Waals surface area (Å²) >= 11 is 0. The molecule has 1 amide bonds. The summed E-state index contributed by atoms with van der Waals surface area (Å²) in [5.74, 6) is 0.382. The van der Waals surface area contributed by atoms with Gasteiger partial charge in [0, 0.05) is 12.1 Å². The van der Waals surface area contributed by atoms with Gasteiger partial charge in [0.2, 0.25) is 5.91 Å². The third kappa shape index (κ3) is 5.80. The number of nitro groups is 1. The van der Waals surface area contributed by atoms with E-state index in [2.05, 4.69) is 28.7 Å². The van der Waals surface area contributed by atoms with Gasteiger partial charge < -0.3 is 4.74 Å². The molecule has 1 N–H and O–H groups in total. The first kappa shape index (κ1) is 21.7. The van der Waals surface area contributed by atoms with Gasteiger partial charge in [-0.2, -0.15) is 5.10 Å². The highest BCUT2D eigenvalue weighted by Gasteiger charge is 2.07. The molecule has 0 radical (unpaired) electrons. The van der Waals surface area contributed by atoms with Crippen molar-refractivity contribution >= 4 is 28.6 Å². The Balaban J connectivity index is 1.32. The van der Waals surface area contributed by atoms with Crippen molar-refractivity contribution in [1.29, 1.82) is 0 Å². The van der Waals surface area contributed by atoms with Crippen LogP contribution >= 0.6 is 0 Å². The molecular formula is C26H21N3O4. The maximum absolute atomic E-state index is 12.1. The fraction of sp³-hybridized carbons (Fsp3) is 0.0769. The van der Waals surface area contributed by atoms with Crippen molar-refractivity contribution < 1.29 is 14.5 Å².